The van der Waals surface area contributed by atoms with Crippen LogP contribution in [0, 0.1) is 0 Å². The maximum atomic E-state index is 9.35. The Hall–Kier alpha value is -0.770. The van der Waals surface area contributed by atoms with Crippen molar-refractivity contribution in [2.75, 3.05) is 0 Å². The number of ether oxygens (including phenoxy) is 1. The van der Waals surface area contributed by atoms with Gasteiger partial charge in [0.15, 0.2) is 0 Å². The molecule has 1 aliphatic heterocycles. The Morgan fingerprint density at radius 2 is 2.18 bits per heavy atom. The predicted octanol–water partition coefficient (Wildman–Crippen LogP) is 0.587. The third-order valence-electron chi connectivity index (χ3n) is 2.28. The quantitative estimate of drug-likeness (QED) is 0.260. The van der Waals surface area contributed by atoms with Crippen molar-refractivity contribution >= 4 is 0 Å². The average molecular weight is 155 g/mol. The van der Waals surface area contributed by atoms with Gasteiger partial charge >= 0.3 is 0 Å². The molecule has 0 aromatic heterocycles. The van der Waals surface area contributed by atoms with Crippen molar-refractivity contribution in [1.29, 1.82) is 0 Å². The minimum absolute atomic E-state index is 0.232. The second kappa shape index (κ2) is 2.37. The van der Waals surface area contributed by atoms with Gasteiger partial charge in [-0.15, -0.1) is 0 Å². The van der Waals surface area contributed by atoms with Gasteiger partial charge in [-0.05, 0) is 12.0 Å². The highest BCUT2D eigenvalue weighted by atomic mass is 16.6. The summed E-state index contributed by atoms with van der Waals surface area (Å²) in [4.78, 5) is 2.67. The Bertz CT molecular complexity index is 214. The minimum atomic E-state index is -0.505. The first-order valence-electron chi connectivity index (χ1n) is 3.69. The number of azide groups is 1. The molecule has 1 saturated heterocycles. The van der Waals surface area contributed by atoms with Crippen molar-refractivity contribution in [2.45, 2.75) is 37.2 Å². The molecule has 2 rings (SSSR count). The van der Waals surface area contributed by atoms with Gasteiger partial charge in [0, 0.05) is 11.3 Å². The molecule has 2 fully saturated rings. The Kier molecular flexibility index (Phi) is 1.49. The molecule has 1 aliphatic carbocycles. The van der Waals surface area contributed by atoms with Gasteiger partial charge in [0.1, 0.15) is 0 Å². The van der Waals surface area contributed by atoms with Crippen molar-refractivity contribution in [3.8, 4) is 0 Å². The van der Waals surface area contributed by atoms with E-state index < -0.39 is 6.10 Å². The van der Waals surface area contributed by atoms with Crippen LogP contribution in [0.4, 0.5) is 0 Å². The second-order valence-corrected chi connectivity index (χ2v) is 3.02. The third kappa shape index (κ3) is 1.18. The summed E-state index contributed by atoms with van der Waals surface area (Å²) < 4.78 is 5.18. The lowest BCUT2D eigenvalue weighted by molar-refractivity contribution is 0.118. The fourth-order valence-electron chi connectivity index (χ4n) is 1.57. The smallest absolute Gasteiger partial charge is 0.0866 e. The van der Waals surface area contributed by atoms with E-state index in [9.17, 15) is 5.11 Å². The Labute approximate surface area is 63.6 Å². The first kappa shape index (κ1) is 6.91. The van der Waals surface area contributed by atoms with Crippen LogP contribution in [0.5, 0.6) is 0 Å². The molecule has 2 aliphatic rings. The fraction of sp³-hybridized carbons (Fsp3) is 1.00. The Balaban J connectivity index is 2.02. The van der Waals surface area contributed by atoms with E-state index in [-0.39, 0.29) is 18.2 Å². The lowest BCUT2D eigenvalue weighted by atomic mass is 9.93. The van der Waals surface area contributed by atoms with Crippen LogP contribution < -0.4 is 0 Å². The van der Waals surface area contributed by atoms with Crippen molar-refractivity contribution < 1.29 is 9.84 Å². The van der Waals surface area contributed by atoms with Gasteiger partial charge in [-0.3, -0.25) is 0 Å². The zero-order chi connectivity index (χ0) is 7.84. The van der Waals surface area contributed by atoms with Crippen LogP contribution in [0.25, 0.3) is 10.4 Å². The molecule has 0 aromatic rings. The van der Waals surface area contributed by atoms with Gasteiger partial charge in [-0.1, -0.05) is 5.11 Å². The number of aliphatic hydroxyl groups is 1. The molecule has 5 nitrogen and oxygen atoms in total. The molecule has 4 atom stereocenters. The van der Waals surface area contributed by atoms with E-state index in [4.69, 9.17) is 10.3 Å². The maximum Gasteiger partial charge on any atom is 0.0866 e. The van der Waals surface area contributed by atoms with E-state index in [0.29, 0.717) is 12.8 Å². The summed E-state index contributed by atoms with van der Waals surface area (Å²) in [6.07, 6.45) is 1.27. The highest BCUT2D eigenvalue weighted by Gasteiger charge is 2.47. The Morgan fingerprint density at radius 1 is 1.45 bits per heavy atom. The summed E-state index contributed by atoms with van der Waals surface area (Å²) >= 11 is 0. The van der Waals surface area contributed by atoms with Crippen LogP contribution in [0.15, 0.2) is 5.11 Å². The summed E-state index contributed by atoms with van der Waals surface area (Å²) in [7, 11) is 0. The monoisotopic (exact) mass is 155 g/mol. The summed E-state index contributed by atoms with van der Waals surface area (Å²) in [6, 6.07) is -0.274. The van der Waals surface area contributed by atoms with Gasteiger partial charge in [-0.25, -0.2) is 0 Å². The molecule has 1 N–H and O–H groups in total. The minimum Gasteiger partial charge on any atom is -0.393 e. The molecule has 0 aromatic carbocycles. The van der Waals surface area contributed by atoms with E-state index >= 15 is 0 Å². The van der Waals surface area contributed by atoms with Crippen LogP contribution in [0.2, 0.25) is 0 Å². The fourth-order valence-corrected chi connectivity index (χ4v) is 1.57. The van der Waals surface area contributed by atoms with Crippen LogP contribution in [0.3, 0.4) is 0 Å². The molecule has 0 bridgehead atoms. The summed E-state index contributed by atoms with van der Waals surface area (Å²) in [5.74, 6) is 0. The van der Waals surface area contributed by atoms with Crippen LogP contribution in [-0.4, -0.2) is 29.5 Å². The molecule has 0 spiro atoms. The van der Waals surface area contributed by atoms with Crippen molar-refractivity contribution in [1.82, 2.24) is 0 Å². The third-order valence-corrected chi connectivity index (χ3v) is 2.28. The molecular formula is C6H9N3O2. The van der Waals surface area contributed by atoms with Crippen LogP contribution >= 0.6 is 0 Å². The summed E-state index contributed by atoms with van der Waals surface area (Å²) in [5, 5.41) is 12.8. The number of hydrogen-bond acceptors (Lipinski definition) is 3. The van der Waals surface area contributed by atoms with E-state index in [2.05, 4.69) is 10.0 Å². The number of epoxide rings is 1. The summed E-state index contributed by atoms with van der Waals surface area (Å²) in [6.45, 7) is 0. The highest BCUT2D eigenvalue weighted by molar-refractivity contribution is 4.99. The molecule has 60 valence electrons. The van der Waals surface area contributed by atoms with Gasteiger partial charge in [0.2, 0.25) is 0 Å². The van der Waals surface area contributed by atoms with Crippen LogP contribution in [-0.2, 0) is 4.74 Å². The largest absolute Gasteiger partial charge is 0.393 e. The Morgan fingerprint density at radius 3 is 2.91 bits per heavy atom. The number of nitrogens with zero attached hydrogens (tertiary/aromatic N) is 3. The van der Waals surface area contributed by atoms with Gasteiger partial charge < -0.3 is 9.84 Å². The predicted molar refractivity (Wildman–Crippen MR) is 36.8 cm³/mol. The van der Waals surface area contributed by atoms with Gasteiger partial charge in [0.05, 0.1) is 24.4 Å². The van der Waals surface area contributed by atoms with Crippen molar-refractivity contribution in [3.05, 3.63) is 10.4 Å². The molecule has 0 amide bonds. The lowest BCUT2D eigenvalue weighted by Crippen LogP contribution is -2.31. The topological polar surface area (TPSA) is 81.5 Å². The van der Waals surface area contributed by atoms with Crippen LogP contribution in [0.1, 0.15) is 12.8 Å². The molecule has 0 unspecified atom stereocenters. The molecule has 0 radical (unpaired) electrons. The molecule has 11 heavy (non-hydrogen) atoms. The number of hydrogen-bond donors (Lipinski definition) is 1. The first-order valence-corrected chi connectivity index (χ1v) is 3.69. The molecular weight excluding hydrogens is 146 g/mol. The zero-order valence-electron chi connectivity index (χ0n) is 5.92. The second-order valence-electron chi connectivity index (χ2n) is 3.02. The number of aliphatic hydroxyl groups excluding tert-OH is 1. The maximum absolute atomic E-state index is 9.35. The average Bonchev–Trinajstić information content (AvgIpc) is 2.67. The lowest BCUT2D eigenvalue weighted by Gasteiger charge is -2.19. The standard InChI is InChI=1S/C6H9N3O2/c7-9-8-3-1-5-6(11-5)2-4(3)10/h3-6,10H,1-2H2/t3-,4-,5-,6+/m0/s1. The van der Waals surface area contributed by atoms with Gasteiger partial charge in [0.25, 0.3) is 0 Å². The normalized spacial score (nSPS) is 47.4. The number of fused-ring (bicyclic) bond motifs is 1. The van der Waals surface area contributed by atoms with E-state index in [1.807, 2.05) is 0 Å². The zero-order valence-corrected chi connectivity index (χ0v) is 5.92. The number of rotatable bonds is 1. The SMILES string of the molecule is [N-]=[N+]=N[C@H]1C[C@@H]2O[C@@H]2C[C@@H]1O. The molecule has 5 heteroatoms. The highest BCUT2D eigenvalue weighted by Crippen LogP contribution is 2.37. The van der Waals surface area contributed by atoms with Crippen molar-refractivity contribution in [3.63, 3.8) is 0 Å². The van der Waals surface area contributed by atoms with E-state index in [1.54, 1.807) is 0 Å². The molecule has 1 heterocycles. The van der Waals surface area contributed by atoms with E-state index in [0.717, 1.165) is 0 Å². The first-order chi connectivity index (χ1) is 5.31. The van der Waals surface area contributed by atoms with E-state index in [1.165, 1.54) is 0 Å². The molecule has 1 saturated carbocycles. The van der Waals surface area contributed by atoms with Crippen molar-refractivity contribution in [2.24, 2.45) is 5.11 Å². The van der Waals surface area contributed by atoms with Gasteiger partial charge in [-0.2, -0.15) is 0 Å². The summed E-state index contributed by atoms with van der Waals surface area (Å²) in [5.41, 5.74) is 8.14.